The minimum atomic E-state index is -3.72. The zero-order valence-corrected chi connectivity index (χ0v) is 12.7. The van der Waals surface area contributed by atoms with E-state index in [-0.39, 0.29) is 9.63 Å². The van der Waals surface area contributed by atoms with Crippen LogP contribution < -0.4 is 4.72 Å². The van der Waals surface area contributed by atoms with Crippen LogP contribution in [0.4, 0.5) is 0 Å². The van der Waals surface area contributed by atoms with Crippen LogP contribution in [0.25, 0.3) is 0 Å². The van der Waals surface area contributed by atoms with Gasteiger partial charge in [-0.15, -0.1) is 5.10 Å². The predicted octanol–water partition coefficient (Wildman–Crippen LogP) is 1.01. The summed E-state index contributed by atoms with van der Waals surface area (Å²) in [5.74, 6) is 0. The van der Waals surface area contributed by atoms with Crippen molar-refractivity contribution in [3.63, 3.8) is 0 Å². The van der Waals surface area contributed by atoms with Gasteiger partial charge in [-0.2, -0.15) is 0 Å². The van der Waals surface area contributed by atoms with Crippen molar-refractivity contribution in [1.82, 2.24) is 24.7 Å². The van der Waals surface area contributed by atoms with Crippen molar-refractivity contribution in [3.05, 3.63) is 34.7 Å². The molecule has 0 radical (unpaired) electrons. The molecule has 2 rings (SSSR count). The second-order valence-electron chi connectivity index (χ2n) is 3.91. The first kappa shape index (κ1) is 14.1. The van der Waals surface area contributed by atoms with E-state index in [0.717, 1.165) is 0 Å². The van der Waals surface area contributed by atoms with E-state index in [2.05, 4.69) is 35.9 Å². The Morgan fingerprint density at radius 3 is 2.68 bits per heavy atom. The molecule has 0 aromatic carbocycles. The van der Waals surface area contributed by atoms with Gasteiger partial charge in [0.2, 0.25) is 5.03 Å². The van der Waals surface area contributed by atoms with E-state index in [0.29, 0.717) is 5.69 Å². The van der Waals surface area contributed by atoms with Crippen molar-refractivity contribution in [2.75, 3.05) is 0 Å². The Balaban J connectivity index is 2.28. The third-order valence-corrected chi connectivity index (χ3v) is 4.88. The topological polar surface area (TPSA) is 89.8 Å². The van der Waals surface area contributed by atoms with E-state index in [1.165, 1.54) is 11.7 Å². The smallest absolute Gasteiger partial charge is 0.260 e. The third-order valence-electron chi connectivity index (χ3n) is 2.45. The van der Waals surface area contributed by atoms with E-state index in [9.17, 15) is 8.42 Å². The molecule has 0 spiro atoms. The Bertz CT molecular complexity index is 651. The molecule has 102 valence electrons. The number of rotatable bonds is 4. The maximum Gasteiger partial charge on any atom is 0.261 e. The number of nitrogens with one attached hydrogen (secondary N) is 1. The van der Waals surface area contributed by atoms with Crippen LogP contribution in [0.15, 0.2) is 34.0 Å². The molecule has 0 aliphatic carbocycles. The number of hydrogen-bond acceptors (Lipinski definition) is 5. The largest absolute Gasteiger partial charge is 0.261 e. The highest BCUT2D eigenvalue weighted by molar-refractivity contribution is 9.10. The Morgan fingerprint density at radius 1 is 1.42 bits per heavy atom. The molecule has 0 bridgehead atoms. The Kier molecular flexibility index (Phi) is 3.97. The summed E-state index contributed by atoms with van der Waals surface area (Å²) in [6.07, 6.45) is 1.61. The van der Waals surface area contributed by atoms with Crippen LogP contribution >= 0.6 is 15.9 Å². The maximum atomic E-state index is 12.2. The molecule has 2 aromatic heterocycles. The van der Waals surface area contributed by atoms with Gasteiger partial charge in [0, 0.05) is 13.2 Å². The fraction of sp³-hybridized carbons (Fsp3) is 0.300. The lowest BCUT2D eigenvalue weighted by Crippen LogP contribution is -2.29. The van der Waals surface area contributed by atoms with Crippen LogP contribution in [0, 0.1) is 0 Å². The van der Waals surface area contributed by atoms with Gasteiger partial charge in [-0.1, -0.05) is 11.3 Å². The maximum absolute atomic E-state index is 12.2. The van der Waals surface area contributed by atoms with Crippen LogP contribution in [-0.2, 0) is 17.1 Å². The van der Waals surface area contributed by atoms with Gasteiger partial charge in [0.1, 0.15) is 0 Å². The molecule has 0 saturated carbocycles. The van der Waals surface area contributed by atoms with Crippen molar-refractivity contribution < 1.29 is 8.42 Å². The second-order valence-corrected chi connectivity index (χ2v) is 6.29. The average Bonchev–Trinajstić information content (AvgIpc) is 2.70. The van der Waals surface area contributed by atoms with Gasteiger partial charge in [-0.3, -0.25) is 4.98 Å². The van der Waals surface area contributed by atoms with E-state index < -0.39 is 16.1 Å². The number of sulfonamides is 1. The number of hydrogen-bond donors (Lipinski definition) is 1. The third kappa shape index (κ3) is 2.99. The summed E-state index contributed by atoms with van der Waals surface area (Å²) in [5.41, 5.74) is 0.636. The highest BCUT2D eigenvalue weighted by atomic mass is 79.9. The Morgan fingerprint density at radius 2 is 2.16 bits per heavy atom. The molecule has 0 amide bonds. The summed E-state index contributed by atoms with van der Waals surface area (Å²) in [7, 11) is -2.21. The molecule has 0 aliphatic rings. The number of nitrogens with zero attached hydrogens (tertiary/aromatic N) is 4. The van der Waals surface area contributed by atoms with Crippen LogP contribution in [-0.4, -0.2) is 28.4 Å². The lowest BCUT2D eigenvalue weighted by molar-refractivity contribution is 0.545. The first-order chi connectivity index (χ1) is 8.92. The lowest BCUT2D eigenvalue weighted by Gasteiger charge is -2.13. The van der Waals surface area contributed by atoms with Gasteiger partial charge < -0.3 is 0 Å². The van der Waals surface area contributed by atoms with E-state index in [4.69, 9.17) is 0 Å². The first-order valence-electron chi connectivity index (χ1n) is 5.40. The monoisotopic (exact) mass is 345 g/mol. The molecule has 1 unspecified atom stereocenters. The summed E-state index contributed by atoms with van der Waals surface area (Å²) in [5, 5.41) is 7.29. The number of aryl methyl sites for hydroxylation is 1. The molecule has 7 nitrogen and oxygen atoms in total. The highest BCUT2D eigenvalue weighted by Gasteiger charge is 2.26. The van der Waals surface area contributed by atoms with Gasteiger partial charge in [0.05, 0.1) is 11.7 Å². The number of aromatic nitrogens is 4. The van der Waals surface area contributed by atoms with Gasteiger partial charge in [-0.25, -0.2) is 17.8 Å². The molecule has 0 saturated heterocycles. The highest BCUT2D eigenvalue weighted by Crippen LogP contribution is 2.20. The molecular formula is C10H12BrN5O2S. The molecular weight excluding hydrogens is 334 g/mol. The van der Waals surface area contributed by atoms with Gasteiger partial charge in [-0.05, 0) is 35.0 Å². The van der Waals surface area contributed by atoms with Crippen LogP contribution in [0.5, 0.6) is 0 Å². The molecule has 1 atom stereocenters. The summed E-state index contributed by atoms with van der Waals surface area (Å²) >= 11 is 3.07. The summed E-state index contributed by atoms with van der Waals surface area (Å²) in [6.45, 7) is 1.72. The number of pyridine rings is 1. The zero-order chi connectivity index (χ0) is 14.0. The molecule has 2 aromatic rings. The Labute approximate surface area is 119 Å². The van der Waals surface area contributed by atoms with Crippen LogP contribution in [0.2, 0.25) is 0 Å². The molecule has 0 fully saturated rings. The molecule has 19 heavy (non-hydrogen) atoms. The van der Waals surface area contributed by atoms with Crippen molar-refractivity contribution in [1.29, 1.82) is 0 Å². The fourth-order valence-corrected chi connectivity index (χ4v) is 3.90. The standard InChI is InChI=1S/C10H12BrN5O2S/c1-7(8-5-3-4-6-12-8)14-19(17,18)10-9(11)13-15-16(10)2/h3-7,14H,1-2H3. The molecule has 0 aliphatic heterocycles. The summed E-state index contributed by atoms with van der Waals surface area (Å²) < 4.78 is 28.4. The molecule has 2 heterocycles. The quantitative estimate of drug-likeness (QED) is 0.893. The van der Waals surface area contributed by atoms with Crippen molar-refractivity contribution in [2.24, 2.45) is 7.05 Å². The Hall–Kier alpha value is -1.32. The van der Waals surface area contributed by atoms with E-state index in [1.807, 2.05) is 0 Å². The van der Waals surface area contributed by atoms with Gasteiger partial charge >= 0.3 is 0 Å². The molecule has 1 N–H and O–H groups in total. The first-order valence-corrected chi connectivity index (χ1v) is 7.68. The number of halogens is 1. The van der Waals surface area contributed by atoms with Crippen molar-refractivity contribution in [3.8, 4) is 0 Å². The van der Waals surface area contributed by atoms with Crippen LogP contribution in [0.1, 0.15) is 18.7 Å². The zero-order valence-electron chi connectivity index (χ0n) is 10.3. The summed E-state index contributed by atoms with van der Waals surface area (Å²) in [4.78, 5) is 4.11. The second kappa shape index (κ2) is 5.35. The van der Waals surface area contributed by atoms with Gasteiger partial charge in [0.15, 0.2) is 4.60 Å². The lowest BCUT2D eigenvalue weighted by atomic mass is 10.2. The van der Waals surface area contributed by atoms with Gasteiger partial charge in [0.25, 0.3) is 10.0 Å². The minimum Gasteiger partial charge on any atom is -0.260 e. The van der Waals surface area contributed by atoms with Crippen molar-refractivity contribution in [2.45, 2.75) is 18.0 Å². The average molecular weight is 346 g/mol. The fourth-order valence-electron chi connectivity index (χ4n) is 1.59. The van der Waals surface area contributed by atoms with E-state index in [1.54, 1.807) is 31.3 Å². The predicted molar refractivity (Wildman–Crippen MR) is 71.7 cm³/mol. The van der Waals surface area contributed by atoms with Crippen molar-refractivity contribution >= 4 is 26.0 Å². The van der Waals surface area contributed by atoms with Crippen LogP contribution in [0.3, 0.4) is 0 Å². The summed E-state index contributed by atoms with van der Waals surface area (Å²) in [6, 6.07) is 4.87. The minimum absolute atomic E-state index is 0.0183. The van der Waals surface area contributed by atoms with E-state index >= 15 is 0 Å². The molecule has 9 heteroatoms. The normalized spacial score (nSPS) is 13.4. The SMILES string of the molecule is CC(NS(=O)(=O)c1c(Br)nnn1C)c1ccccn1.